The lowest BCUT2D eigenvalue weighted by atomic mass is 9.95. The molecule has 0 saturated heterocycles. The van der Waals surface area contributed by atoms with Crippen LogP contribution in [0.3, 0.4) is 0 Å². The van der Waals surface area contributed by atoms with Crippen LogP contribution in [0, 0.1) is 22.7 Å². The van der Waals surface area contributed by atoms with E-state index in [1.165, 1.54) is 0 Å². The first-order valence-electron chi connectivity index (χ1n) is 7.68. The van der Waals surface area contributed by atoms with Gasteiger partial charge in [0.05, 0.1) is 10.8 Å². The Bertz CT molecular complexity index is 436. The molecule has 0 spiro atoms. The Hall–Kier alpha value is -1.72. The van der Waals surface area contributed by atoms with Gasteiger partial charge in [0.15, 0.2) is 5.92 Å². The van der Waals surface area contributed by atoms with Crippen LogP contribution in [-0.2, 0) is 28.7 Å². The van der Waals surface area contributed by atoms with Crippen molar-refractivity contribution in [3.05, 3.63) is 0 Å². The van der Waals surface area contributed by atoms with E-state index in [1.807, 2.05) is 13.8 Å². The second-order valence-corrected chi connectivity index (χ2v) is 8.10. The first kappa shape index (κ1) is 21.3. The van der Waals surface area contributed by atoms with Crippen molar-refractivity contribution in [3.8, 4) is 0 Å². The van der Waals surface area contributed by atoms with Crippen LogP contribution < -0.4 is 0 Å². The summed E-state index contributed by atoms with van der Waals surface area (Å²) < 4.78 is 9.55. The monoisotopic (exact) mass is 328 g/mol. The molecule has 6 heteroatoms. The molecule has 0 unspecified atom stereocenters. The molecule has 0 aromatic heterocycles. The largest absolute Gasteiger partial charge is 0.392 e. The molecule has 0 radical (unpaired) electrons. The Morgan fingerprint density at radius 1 is 0.739 bits per heavy atom. The maximum Gasteiger partial charge on any atom is 0.328 e. The number of hydrogen-bond donors (Lipinski definition) is 0. The summed E-state index contributed by atoms with van der Waals surface area (Å²) in [6.45, 7) is 13.2. The zero-order chi connectivity index (χ0) is 18.6. The maximum absolute atomic E-state index is 12.2. The Labute approximate surface area is 137 Å². The van der Waals surface area contributed by atoms with Gasteiger partial charge in [-0.3, -0.25) is 19.2 Å². The van der Waals surface area contributed by atoms with Gasteiger partial charge in [-0.1, -0.05) is 13.8 Å². The fraction of sp³-hybridized carbons (Fsp3) is 0.765. The molecule has 0 N–H and O–H groups in total. The highest BCUT2D eigenvalue weighted by Gasteiger charge is 2.37. The Morgan fingerprint density at radius 3 is 1.26 bits per heavy atom. The van der Waals surface area contributed by atoms with Crippen LogP contribution in [0.5, 0.6) is 0 Å². The van der Waals surface area contributed by atoms with Crippen molar-refractivity contribution >= 4 is 23.9 Å². The normalized spacial score (nSPS) is 12.3. The van der Waals surface area contributed by atoms with Gasteiger partial charge < -0.3 is 9.47 Å². The van der Waals surface area contributed by atoms with Crippen molar-refractivity contribution in [3.63, 3.8) is 0 Å². The molecular formula is C17H28O6. The van der Waals surface area contributed by atoms with E-state index in [2.05, 4.69) is 0 Å². The molecule has 23 heavy (non-hydrogen) atoms. The molecule has 132 valence electrons. The molecule has 0 bridgehead atoms. The lowest BCUT2D eigenvalue weighted by Gasteiger charge is -2.21. The standard InChI is InChI=1S/C17H28O6/c1-10(2)9-11(12(18)22-14(20)16(3,4)5)13(19)23-15(21)17(6,7)8/h10-11H,9H2,1-8H3. The average Bonchev–Trinajstić information content (AvgIpc) is 2.32. The lowest BCUT2D eigenvalue weighted by Crippen LogP contribution is -2.36. The van der Waals surface area contributed by atoms with Crippen LogP contribution in [0.25, 0.3) is 0 Å². The minimum Gasteiger partial charge on any atom is -0.392 e. The SMILES string of the molecule is CC(C)CC(C(=O)OC(=O)C(C)(C)C)C(=O)OC(=O)C(C)(C)C. The number of carbonyl (C=O) groups excluding carboxylic acids is 4. The van der Waals surface area contributed by atoms with E-state index in [0.717, 1.165) is 0 Å². The summed E-state index contributed by atoms with van der Waals surface area (Å²) in [5.41, 5.74) is -1.74. The summed E-state index contributed by atoms with van der Waals surface area (Å²) in [5.74, 6) is -4.74. The first-order chi connectivity index (χ1) is 10.2. The van der Waals surface area contributed by atoms with E-state index in [-0.39, 0.29) is 12.3 Å². The van der Waals surface area contributed by atoms with Gasteiger partial charge in [0.25, 0.3) is 0 Å². The third-order valence-corrected chi connectivity index (χ3v) is 2.89. The highest BCUT2D eigenvalue weighted by Crippen LogP contribution is 2.22. The van der Waals surface area contributed by atoms with Gasteiger partial charge in [-0.15, -0.1) is 0 Å². The molecule has 0 aliphatic carbocycles. The summed E-state index contributed by atoms with van der Waals surface area (Å²) in [4.78, 5) is 47.9. The lowest BCUT2D eigenvalue weighted by molar-refractivity contribution is -0.176. The van der Waals surface area contributed by atoms with Gasteiger partial charge in [-0.25, -0.2) is 0 Å². The quantitative estimate of drug-likeness (QED) is 0.582. The van der Waals surface area contributed by atoms with Crippen molar-refractivity contribution in [1.29, 1.82) is 0 Å². The highest BCUT2D eigenvalue weighted by atomic mass is 16.6. The zero-order valence-electron chi connectivity index (χ0n) is 15.3. The predicted octanol–water partition coefficient (Wildman–Crippen LogP) is 2.88. The van der Waals surface area contributed by atoms with Gasteiger partial charge in [-0.2, -0.15) is 0 Å². The number of ether oxygens (including phenoxy) is 2. The van der Waals surface area contributed by atoms with Crippen LogP contribution in [0.15, 0.2) is 0 Å². The average molecular weight is 328 g/mol. The third-order valence-electron chi connectivity index (χ3n) is 2.89. The molecule has 0 aromatic rings. The molecule has 0 heterocycles. The van der Waals surface area contributed by atoms with Crippen LogP contribution in [0.4, 0.5) is 0 Å². The topological polar surface area (TPSA) is 86.7 Å². The Kier molecular flexibility index (Phi) is 7.13. The van der Waals surface area contributed by atoms with Gasteiger partial charge in [0.2, 0.25) is 0 Å². The third kappa shape index (κ3) is 7.39. The molecule has 0 atom stereocenters. The fourth-order valence-electron chi connectivity index (χ4n) is 1.39. The summed E-state index contributed by atoms with van der Waals surface area (Å²) in [6.07, 6.45) is 0.131. The van der Waals surface area contributed by atoms with Crippen molar-refractivity contribution < 1.29 is 28.7 Å². The number of esters is 4. The second kappa shape index (κ2) is 7.70. The van der Waals surface area contributed by atoms with Crippen LogP contribution in [-0.4, -0.2) is 23.9 Å². The molecule has 0 saturated carbocycles. The predicted molar refractivity (Wildman–Crippen MR) is 84.1 cm³/mol. The summed E-state index contributed by atoms with van der Waals surface area (Å²) >= 11 is 0. The van der Waals surface area contributed by atoms with E-state index in [1.54, 1.807) is 41.5 Å². The van der Waals surface area contributed by atoms with Crippen molar-refractivity contribution in [2.75, 3.05) is 0 Å². The molecule has 0 rings (SSSR count). The molecular weight excluding hydrogens is 300 g/mol. The van der Waals surface area contributed by atoms with E-state index in [4.69, 9.17) is 9.47 Å². The van der Waals surface area contributed by atoms with Gasteiger partial charge in [0, 0.05) is 0 Å². The number of hydrogen-bond acceptors (Lipinski definition) is 6. The Balaban J connectivity index is 5.14. The number of rotatable bonds is 4. The molecule has 0 fully saturated rings. The second-order valence-electron chi connectivity index (χ2n) is 8.10. The number of carbonyl (C=O) groups is 4. The molecule has 0 aliphatic rings. The van der Waals surface area contributed by atoms with E-state index >= 15 is 0 Å². The fourth-order valence-corrected chi connectivity index (χ4v) is 1.39. The van der Waals surface area contributed by atoms with Crippen LogP contribution in [0.2, 0.25) is 0 Å². The summed E-state index contributed by atoms with van der Waals surface area (Å²) in [5, 5.41) is 0. The smallest absolute Gasteiger partial charge is 0.328 e. The molecule has 0 amide bonds. The minimum absolute atomic E-state index is 0.0189. The van der Waals surface area contributed by atoms with Gasteiger partial charge in [0.1, 0.15) is 0 Å². The Morgan fingerprint density at radius 2 is 1.04 bits per heavy atom. The molecule has 0 aliphatic heterocycles. The van der Waals surface area contributed by atoms with E-state index < -0.39 is 40.6 Å². The van der Waals surface area contributed by atoms with Crippen molar-refractivity contribution in [1.82, 2.24) is 0 Å². The van der Waals surface area contributed by atoms with Crippen LogP contribution in [0.1, 0.15) is 61.8 Å². The van der Waals surface area contributed by atoms with E-state index in [0.29, 0.717) is 0 Å². The van der Waals surface area contributed by atoms with Crippen molar-refractivity contribution in [2.45, 2.75) is 61.8 Å². The first-order valence-corrected chi connectivity index (χ1v) is 7.68. The molecule has 6 nitrogen and oxygen atoms in total. The summed E-state index contributed by atoms with van der Waals surface area (Å²) in [6, 6.07) is 0. The van der Waals surface area contributed by atoms with Gasteiger partial charge in [-0.05, 0) is 53.9 Å². The zero-order valence-corrected chi connectivity index (χ0v) is 15.3. The minimum atomic E-state index is -1.30. The van der Waals surface area contributed by atoms with E-state index in [9.17, 15) is 19.2 Å². The van der Waals surface area contributed by atoms with Crippen LogP contribution >= 0.6 is 0 Å². The summed E-state index contributed by atoms with van der Waals surface area (Å²) in [7, 11) is 0. The van der Waals surface area contributed by atoms with Crippen molar-refractivity contribution in [2.24, 2.45) is 22.7 Å². The van der Waals surface area contributed by atoms with Gasteiger partial charge >= 0.3 is 23.9 Å². The maximum atomic E-state index is 12.2. The molecule has 0 aromatic carbocycles. The highest BCUT2D eigenvalue weighted by molar-refractivity contribution is 6.03.